The average molecular weight is 775 g/mol. The Hall–Kier alpha value is -7.54. The van der Waals surface area contributed by atoms with Crippen molar-refractivity contribution in [3.8, 4) is 66.8 Å². The van der Waals surface area contributed by atoms with E-state index in [0.29, 0.717) is 0 Å². The van der Waals surface area contributed by atoms with Crippen molar-refractivity contribution in [1.29, 1.82) is 0 Å². The minimum atomic E-state index is -0.106. The number of hydrogen-bond donors (Lipinski definition) is 0. The van der Waals surface area contributed by atoms with Gasteiger partial charge in [0, 0.05) is 5.41 Å². The molecular weight excluding hydrogens is 733 g/mol. The number of hydrogen-bond acceptors (Lipinski definition) is 0. The van der Waals surface area contributed by atoms with E-state index in [1.54, 1.807) is 0 Å². The van der Waals surface area contributed by atoms with Crippen LogP contribution in [0.2, 0.25) is 0 Å². The predicted octanol–water partition coefficient (Wildman–Crippen LogP) is 16.9. The zero-order valence-corrected chi connectivity index (χ0v) is 34.3. The van der Waals surface area contributed by atoms with Crippen LogP contribution in [0.3, 0.4) is 0 Å². The summed E-state index contributed by atoms with van der Waals surface area (Å²) in [6.45, 7) is 4.76. The van der Waals surface area contributed by atoms with Crippen LogP contribution in [0.15, 0.2) is 218 Å². The van der Waals surface area contributed by atoms with Gasteiger partial charge in [-0.3, -0.25) is 0 Å². The topological polar surface area (TPSA) is 0 Å². The maximum atomic E-state index is 2.48. The van der Waals surface area contributed by atoms with Crippen molar-refractivity contribution in [2.24, 2.45) is 0 Å². The fourth-order valence-electron chi connectivity index (χ4n) is 10.4. The van der Waals surface area contributed by atoms with Gasteiger partial charge in [-0.2, -0.15) is 0 Å². The highest BCUT2D eigenvalue weighted by Crippen LogP contribution is 2.51. The molecule has 0 amide bonds. The molecule has 0 aromatic heterocycles. The Morgan fingerprint density at radius 1 is 0.246 bits per heavy atom. The minimum Gasteiger partial charge on any atom is -0.0622 e. The standard InChI is InChI=1S/C61H42/c1-61(2)58-24-14-13-23-52(58)53-32-27-45(38-59(53)61)56-37-47-33-46(60-49-22-12-11-19-41(49)25-30-50(60)39-15-5-3-6-16-39)28-29-48(47)51-31-26-44(36-57(51)56)55-35-43-21-10-9-20-42(43)34-54(55)40-17-7-4-8-18-40/h3-38H,1-2H3. The van der Waals surface area contributed by atoms with Crippen LogP contribution in [0.1, 0.15) is 25.0 Å². The third-order valence-corrected chi connectivity index (χ3v) is 13.4. The smallest absolute Gasteiger partial charge is 0.0159 e. The van der Waals surface area contributed by atoms with Gasteiger partial charge in [-0.25, -0.2) is 0 Å². The van der Waals surface area contributed by atoms with Gasteiger partial charge in [-0.1, -0.05) is 196 Å². The largest absolute Gasteiger partial charge is 0.0622 e. The lowest BCUT2D eigenvalue weighted by Gasteiger charge is -2.22. The quantitative estimate of drug-likeness (QED) is 0.153. The van der Waals surface area contributed by atoms with Crippen molar-refractivity contribution in [3.63, 3.8) is 0 Å². The Bertz CT molecular complexity index is 3530. The molecule has 11 aromatic rings. The molecule has 0 spiro atoms. The Labute approximate surface area is 357 Å². The van der Waals surface area contributed by atoms with Crippen LogP contribution in [0.4, 0.5) is 0 Å². The number of rotatable bonds is 5. The molecule has 0 saturated carbocycles. The summed E-state index contributed by atoms with van der Waals surface area (Å²) in [6.07, 6.45) is 0. The summed E-state index contributed by atoms with van der Waals surface area (Å²) < 4.78 is 0. The molecule has 0 radical (unpaired) electrons. The molecule has 0 saturated heterocycles. The summed E-state index contributed by atoms with van der Waals surface area (Å²) >= 11 is 0. The van der Waals surface area contributed by atoms with E-state index in [2.05, 4.69) is 232 Å². The first kappa shape index (κ1) is 35.4. The molecule has 0 heterocycles. The first-order valence-electron chi connectivity index (χ1n) is 21.4. The van der Waals surface area contributed by atoms with E-state index in [1.807, 2.05) is 0 Å². The average Bonchev–Trinajstić information content (AvgIpc) is 3.55. The van der Waals surface area contributed by atoms with Crippen LogP contribution in [0.25, 0.3) is 110 Å². The highest BCUT2D eigenvalue weighted by atomic mass is 14.4. The lowest BCUT2D eigenvalue weighted by atomic mass is 9.81. The summed E-state index contributed by atoms with van der Waals surface area (Å²) in [5.41, 5.74) is 17.7. The van der Waals surface area contributed by atoms with E-state index in [1.165, 1.54) is 121 Å². The second-order valence-electron chi connectivity index (χ2n) is 17.2. The van der Waals surface area contributed by atoms with E-state index < -0.39 is 0 Å². The highest BCUT2D eigenvalue weighted by molar-refractivity contribution is 6.17. The molecule has 0 fully saturated rings. The van der Waals surface area contributed by atoms with Crippen LogP contribution in [0, 0.1) is 0 Å². The Kier molecular flexibility index (Phi) is 7.99. The highest BCUT2D eigenvalue weighted by Gasteiger charge is 2.35. The van der Waals surface area contributed by atoms with Gasteiger partial charge in [-0.15, -0.1) is 0 Å². The molecular formula is C61H42. The molecule has 12 rings (SSSR count). The second-order valence-corrected chi connectivity index (χ2v) is 17.2. The maximum absolute atomic E-state index is 2.48. The van der Waals surface area contributed by atoms with E-state index in [9.17, 15) is 0 Å². The van der Waals surface area contributed by atoms with E-state index in [-0.39, 0.29) is 5.41 Å². The van der Waals surface area contributed by atoms with Crippen LogP contribution in [0.5, 0.6) is 0 Å². The SMILES string of the molecule is CC1(C)c2ccccc2-c2ccc(-c3cc4cc(-c5c(-c6ccccc6)ccc6ccccc56)ccc4c4ccc(-c5cc6ccccc6cc5-c5ccccc5)cc34)cc21. The second kappa shape index (κ2) is 13.8. The van der Waals surface area contributed by atoms with Gasteiger partial charge in [0.05, 0.1) is 0 Å². The van der Waals surface area contributed by atoms with Gasteiger partial charge >= 0.3 is 0 Å². The molecule has 0 aliphatic heterocycles. The molecule has 61 heavy (non-hydrogen) atoms. The van der Waals surface area contributed by atoms with Gasteiger partial charge in [-0.05, 0) is 157 Å². The van der Waals surface area contributed by atoms with E-state index >= 15 is 0 Å². The monoisotopic (exact) mass is 774 g/mol. The molecule has 0 heteroatoms. The predicted molar refractivity (Wildman–Crippen MR) is 261 cm³/mol. The van der Waals surface area contributed by atoms with Crippen molar-refractivity contribution in [2.75, 3.05) is 0 Å². The lowest BCUT2D eigenvalue weighted by molar-refractivity contribution is 0.660. The zero-order chi connectivity index (χ0) is 40.7. The van der Waals surface area contributed by atoms with Gasteiger partial charge in [0.25, 0.3) is 0 Å². The van der Waals surface area contributed by atoms with E-state index in [4.69, 9.17) is 0 Å². The first-order valence-corrected chi connectivity index (χ1v) is 21.4. The van der Waals surface area contributed by atoms with E-state index in [0.717, 1.165) is 0 Å². The molecule has 0 nitrogen and oxygen atoms in total. The van der Waals surface area contributed by atoms with Crippen molar-refractivity contribution < 1.29 is 0 Å². The zero-order valence-electron chi connectivity index (χ0n) is 34.3. The Morgan fingerprint density at radius 3 is 1.56 bits per heavy atom. The summed E-state index contributed by atoms with van der Waals surface area (Å²) in [5, 5.41) is 10.0. The summed E-state index contributed by atoms with van der Waals surface area (Å²) in [7, 11) is 0. The Morgan fingerprint density at radius 2 is 0.787 bits per heavy atom. The first-order chi connectivity index (χ1) is 30.0. The van der Waals surface area contributed by atoms with Crippen molar-refractivity contribution in [3.05, 3.63) is 230 Å². The summed E-state index contributed by atoms with van der Waals surface area (Å²) in [5.74, 6) is 0. The third kappa shape index (κ3) is 5.67. The van der Waals surface area contributed by atoms with Crippen LogP contribution in [-0.4, -0.2) is 0 Å². The molecule has 0 atom stereocenters. The fraction of sp³-hybridized carbons (Fsp3) is 0.0492. The maximum Gasteiger partial charge on any atom is 0.0159 e. The van der Waals surface area contributed by atoms with Gasteiger partial charge in [0.2, 0.25) is 0 Å². The Balaban J connectivity index is 1.13. The number of fused-ring (bicyclic) bond motifs is 8. The van der Waals surface area contributed by atoms with Crippen LogP contribution in [-0.2, 0) is 5.41 Å². The summed E-state index contributed by atoms with van der Waals surface area (Å²) in [6, 6.07) is 81.4. The normalized spacial score (nSPS) is 12.9. The number of benzene rings is 11. The third-order valence-electron chi connectivity index (χ3n) is 13.4. The van der Waals surface area contributed by atoms with Crippen molar-refractivity contribution in [1.82, 2.24) is 0 Å². The molecule has 0 N–H and O–H groups in total. The molecule has 1 aliphatic rings. The molecule has 286 valence electrons. The van der Waals surface area contributed by atoms with Crippen LogP contribution < -0.4 is 0 Å². The van der Waals surface area contributed by atoms with Gasteiger partial charge in [0.1, 0.15) is 0 Å². The minimum absolute atomic E-state index is 0.106. The summed E-state index contributed by atoms with van der Waals surface area (Å²) in [4.78, 5) is 0. The van der Waals surface area contributed by atoms with Crippen molar-refractivity contribution >= 4 is 43.1 Å². The molecule has 1 aliphatic carbocycles. The van der Waals surface area contributed by atoms with Gasteiger partial charge < -0.3 is 0 Å². The molecule has 11 aromatic carbocycles. The van der Waals surface area contributed by atoms with Crippen molar-refractivity contribution in [2.45, 2.75) is 19.3 Å². The van der Waals surface area contributed by atoms with Crippen LogP contribution >= 0.6 is 0 Å². The molecule has 0 unspecified atom stereocenters. The van der Waals surface area contributed by atoms with Gasteiger partial charge in [0.15, 0.2) is 0 Å². The lowest BCUT2D eigenvalue weighted by Crippen LogP contribution is -2.14. The molecule has 0 bridgehead atoms. The fourth-order valence-corrected chi connectivity index (χ4v) is 10.4.